The molecule has 2 aliphatic rings. The molecule has 4 atom stereocenters. The van der Waals surface area contributed by atoms with Gasteiger partial charge in [0.25, 0.3) is 0 Å². The molecule has 0 aliphatic carbocycles. The number of piperidine rings is 2. The molecule has 2 saturated heterocycles. The predicted molar refractivity (Wildman–Crippen MR) is 52.6 cm³/mol. The molecule has 2 fully saturated rings. The Balaban J connectivity index is 2.18. The van der Waals surface area contributed by atoms with Gasteiger partial charge in [-0.05, 0) is 26.1 Å². The van der Waals surface area contributed by atoms with Crippen molar-refractivity contribution in [3.05, 3.63) is 0 Å². The number of nitrogens with zero attached hydrogens (tertiary/aromatic N) is 1. The van der Waals surface area contributed by atoms with E-state index < -0.39 is 19.3 Å². The Morgan fingerprint density at radius 2 is 2.14 bits per heavy atom. The number of fused-ring (bicyclic) bond motifs is 2. The summed E-state index contributed by atoms with van der Waals surface area (Å²) in [6.07, 6.45) is 1.15. The highest BCUT2D eigenvalue weighted by Crippen LogP contribution is 2.35. The number of halogens is 1. The molecule has 14 heavy (non-hydrogen) atoms. The highest BCUT2D eigenvalue weighted by Gasteiger charge is 2.46. The highest BCUT2D eigenvalue weighted by atomic mass is 19.1. The van der Waals surface area contributed by atoms with Crippen LogP contribution in [-0.2, 0) is 0 Å². The molecule has 0 aromatic carbocycles. The third kappa shape index (κ3) is 1.57. The van der Waals surface area contributed by atoms with Crippen LogP contribution in [0.25, 0.3) is 0 Å². The zero-order valence-electron chi connectivity index (χ0n) is 8.43. The summed E-state index contributed by atoms with van der Waals surface area (Å²) < 4.78 is 13.7. The molecule has 2 rings (SSSR count). The van der Waals surface area contributed by atoms with Crippen molar-refractivity contribution in [3.63, 3.8) is 0 Å². The molecular formula is C9H17BFNO2. The standard InChI is InChI=1S/C9H17BFNO2/c1-10(14)12-6-3-2-4-7(12)9(11)8(13)5-6/h6-9,13-14H,2-5H2,1H3/t6?,7-,8+,9-/m1/s1. The second-order valence-electron chi connectivity index (χ2n) is 4.48. The smallest absolute Gasteiger partial charge is 0.376 e. The van der Waals surface area contributed by atoms with Crippen molar-refractivity contribution < 1.29 is 14.5 Å². The summed E-state index contributed by atoms with van der Waals surface area (Å²) in [5.74, 6) is 0. The van der Waals surface area contributed by atoms with Gasteiger partial charge in [-0.3, -0.25) is 0 Å². The van der Waals surface area contributed by atoms with Crippen LogP contribution in [0.15, 0.2) is 0 Å². The predicted octanol–water partition coefficient (Wildman–Crippen LogP) is 0.422. The Morgan fingerprint density at radius 3 is 2.79 bits per heavy atom. The molecule has 2 heterocycles. The van der Waals surface area contributed by atoms with Gasteiger partial charge < -0.3 is 14.9 Å². The van der Waals surface area contributed by atoms with Crippen molar-refractivity contribution in [3.8, 4) is 0 Å². The van der Waals surface area contributed by atoms with Gasteiger partial charge in [0, 0.05) is 12.1 Å². The number of hydrogen-bond donors (Lipinski definition) is 2. The Labute approximate surface area is 84.0 Å². The van der Waals surface area contributed by atoms with Crippen LogP contribution in [0.4, 0.5) is 4.39 Å². The van der Waals surface area contributed by atoms with Gasteiger partial charge in [-0.15, -0.1) is 0 Å². The summed E-state index contributed by atoms with van der Waals surface area (Å²) in [6, 6.07) is -0.117. The first kappa shape index (κ1) is 10.4. The van der Waals surface area contributed by atoms with Crippen LogP contribution < -0.4 is 0 Å². The zero-order chi connectivity index (χ0) is 10.3. The lowest BCUT2D eigenvalue weighted by molar-refractivity contribution is -0.0550. The lowest BCUT2D eigenvalue weighted by Crippen LogP contribution is -2.63. The topological polar surface area (TPSA) is 43.7 Å². The van der Waals surface area contributed by atoms with E-state index >= 15 is 0 Å². The molecular weight excluding hydrogens is 184 g/mol. The molecule has 2 bridgehead atoms. The van der Waals surface area contributed by atoms with E-state index in [1.165, 1.54) is 0 Å². The van der Waals surface area contributed by atoms with Crippen LogP contribution in [0.5, 0.6) is 0 Å². The lowest BCUT2D eigenvalue weighted by Gasteiger charge is -2.50. The number of aliphatic hydroxyl groups is 1. The van der Waals surface area contributed by atoms with Gasteiger partial charge in [-0.1, -0.05) is 6.42 Å². The van der Waals surface area contributed by atoms with E-state index in [-0.39, 0.29) is 12.1 Å². The Bertz CT molecular complexity index is 217. The van der Waals surface area contributed by atoms with Crippen LogP contribution >= 0.6 is 0 Å². The zero-order valence-corrected chi connectivity index (χ0v) is 8.43. The van der Waals surface area contributed by atoms with Gasteiger partial charge in [0.15, 0.2) is 0 Å². The average Bonchev–Trinajstić information content (AvgIpc) is 2.14. The molecule has 0 amide bonds. The Morgan fingerprint density at radius 1 is 1.43 bits per heavy atom. The molecule has 2 N–H and O–H groups in total. The SMILES string of the molecule is CB(O)N1C2CCC[C@@H]1[C@@H](F)[C@@H](O)C2. The van der Waals surface area contributed by atoms with Gasteiger partial charge in [0.2, 0.25) is 0 Å². The summed E-state index contributed by atoms with van der Waals surface area (Å²) in [7, 11) is -0.601. The fourth-order valence-corrected chi connectivity index (χ4v) is 2.94. The van der Waals surface area contributed by atoms with Crippen molar-refractivity contribution in [2.45, 2.75) is 56.9 Å². The van der Waals surface area contributed by atoms with Crippen molar-refractivity contribution in [1.82, 2.24) is 4.81 Å². The number of hydrogen-bond acceptors (Lipinski definition) is 3. The first-order valence-corrected chi connectivity index (χ1v) is 5.39. The molecule has 1 unspecified atom stereocenters. The van der Waals surface area contributed by atoms with Crippen molar-refractivity contribution in [2.24, 2.45) is 0 Å². The van der Waals surface area contributed by atoms with Crippen molar-refractivity contribution >= 4 is 7.05 Å². The molecule has 80 valence electrons. The Kier molecular flexibility index (Phi) is 2.82. The fraction of sp³-hybridized carbons (Fsp3) is 1.00. The summed E-state index contributed by atoms with van der Waals surface area (Å²) in [6.45, 7) is 1.68. The van der Waals surface area contributed by atoms with Crippen molar-refractivity contribution in [2.75, 3.05) is 0 Å². The summed E-state index contributed by atoms with van der Waals surface area (Å²) in [5, 5.41) is 19.1. The normalized spacial score (nSPS) is 43.7. The molecule has 0 radical (unpaired) electrons. The van der Waals surface area contributed by atoms with Crippen LogP contribution in [0.3, 0.4) is 0 Å². The summed E-state index contributed by atoms with van der Waals surface area (Å²) in [5.41, 5.74) is 0. The largest absolute Gasteiger partial charge is 0.437 e. The minimum atomic E-state index is -1.19. The van der Waals surface area contributed by atoms with Crippen LogP contribution in [0.2, 0.25) is 6.82 Å². The minimum absolute atomic E-state index is 0.163. The molecule has 0 saturated carbocycles. The molecule has 3 nitrogen and oxygen atoms in total. The van der Waals surface area contributed by atoms with Gasteiger partial charge in [-0.25, -0.2) is 4.39 Å². The maximum atomic E-state index is 13.7. The quantitative estimate of drug-likeness (QED) is 0.604. The van der Waals surface area contributed by atoms with E-state index in [1.807, 2.05) is 4.81 Å². The average molecular weight is 201 g/mol. The van der Waals surface area contributed by atoms with E-state index in [4.69, 9.17) is 0 Å². The maximum absolute atomic E-state index is 13.7. The Hall–Kier alpha value is -0.125. The maximum Gasteiger partial charge on any atom is 0.376 e. The third-order valence-electron chi connectivity index (χ3n) is 3.52. The van der Waals surface area contributed by atoms with Crippen LogP contribution in [0, 0.1) is 0 Å². The first-order valence-electron chi connectivity index (χ1n) is 5.39. The number of alkyl halides is 1. The van der Waals surface area contributed by atoms with E-state index in [0.717, 1.165) is 19.3 Å². The monoisotopic (exact) mass is 201 g/mol. The molecule has 0 aromatic rings. The van der Waals surface area contributed by atoms with E-state index in [0.29, 0.717) is 6.42 Å². The molecule has 0 spiro atoms. The minimum Gasteiger partial charge on any atom is -0.437 e. The second kappa shape index (κ2) is 3.79. The van der Waals surface area contributed by atoms with Crippen molar-refractivity contribution in [1.29, 1.82) is 0 Å². The van der Waals surface area contributed by atoms with E-state index in [2.05, 4.69) is 0 Å². The third-order valence-corrected chi connectivity index (χ3v) is 3.52. The molecule has 5 heteroatoms. The highest BCUT2D eigenvalue weighted by molar-refractivity contribution is 6.45. The van der Waals surface area contributed by atoms with Gasteiger partial charge >= 0.3 is 7.05 Å². The van der Waals surface area contributed by atoms with Gasteiger partial charge in [-0.2, -0.15) is 0 Å². The second-order valence-corrected chi connectivity index (χ2v) is 4.48. The van der Waals surface area contributed by atoms with E-state index in [1.54, 1.807) is 6.82 Å². The van der Waals surface area contributed by atoms with Gasteiger partial charge in [0.1, 0.15) is 6.17 Å². The molecule has 2 aliphatic heterocycles. The first-order chi connectivity index (χ1) is 6.61. The van der Waals surface area contributed by atoms with Gasteiger partial charge in [0.05, 0.1) is 6.10 Å². The van der Waals surface area contributed by atoms with E-state index in [9.17, 15) is 14.5 Å². The summed E-state index contributed by atoms with van der Waals surface area (Å²) in [4.78, 5) is 1.83. The van der Waals surface area contributed by atoms with Crippen LogP contribution in [-0.4, -0.2) is 46.4 Å². The number of rotatable bonds is 1. The summed E-state index contributed by atoms with van der Waals surface area (Å²) >= 11 is 0. The lowest BCUT2D eigenvalue weighted by atomic mass is 9.71. The van der Waals surface area contributed by atoms with Crippen LogP contribution in [0.1, 0.15) is 25.7 Å². The fourth-order valence-electron chi connectivity index (χ4n) is 2.94. The molecule has 0 aromatic heterocycles. The number of aliphatic hydroxyl groups excluding tert-OH is 1.